The van der Waals surface area contributed by atoms with Gasteiger partial charge in [-0.3, -0.25) is 4.79 Å². The molecule has 2 aliphatic heterocycles. The molecule has 68 valence electrons. The van der Waals surface area contributed by atoms with E-state index in [1.54, 1.807) is 0 Å². The third kappa shape index (κ3) is 1.33. The summed E-state index contributed by atoms with van der Waals surface area (Å²) in [6, 6.07) is 0. The maximum absolute atomic E-state index is 11.6. The lowest BCUT2D eigenvalue weighted by molar-refractivity contribution is -0.146. The third-order valence-corrected chi connectivity index (χ3v) is 2.68. The zero-order valence-corrected chi connectivity index (χ0v) is 7.45. The van der Waals surface area contributed by atoms with Gasteiger partial charge in [-0.15, -0.1) is 0 Å². The third-order valence-electron chi connectivity index (χ3n) is 2.68. The molecular weight excluding hydrogens is 154 g/mol. The second-order valence-corrected chi connectivity index (χ2v) is 3.69. The Morgan fingerprint density at radius 3 is 2.58 bits per heavy atom. The Kier molecular flexibility index (Phi) is 2.05. The van der Waals surface area contributed by atoms with Crippen molar-refractivity contribution < 1.29 is 9.53 Å². The van der Waals surface area contributed by atoms with Crippen molar-refractivity contribution in [3.63, 3.8) is 0 Å². The molecule has 0 radical (unpaired) electrons. The van der Waals surface area contributed by atoms with Crippen molar-refractivity contribution in [2.24, 2.45) is 0 Å². The van der Waals surface area contributed by atoms with Gasteiger partial charge in [-0.05, 0) is 26.2 Å². The first-order valence-corrected chi connectivity index (χ1v) is 4.71. The van der Waals surface area contributed by atoms with Gasteiger partial charge in [0.2, 0.25) is 0 Å². The predicted octanol–water partition coefficient (Wildman–Crippen LogP) is 0.786. The molecule has 2 rings (SSSR count). The minimum atomic E-state index is -0.125. The summed E-state index contributed by atoms with van der Waals surface area (Å²) in [6.45, 7) is 3.91. The zero-order valence-electron chi connectivity index (χ0n) is 7.45. The average Bonchev–Trinajstić information content (AvgIpc) is 2.31. The molecule has 2 aliphatic rings. The summed E-state index contributed by atoms with van der Waals surface area (Å²) in [5.41, 5.74) is 0. The Balaban J connectivity index is 1.87. The van der Waals surface area contributed by atoms with E-state index in [1.165, 1.54) is 0 Å². The van der Waals surface area contributed by atoms with Crippen LogP contribution in [0, 0.1) is 0 Å². The van der Waals surface area contributed by atoms with Crippen LogP contribution in [-0.2, 0) is 9.53 Å². The summed E-state index contributed by atoms with van der Waals surface area (Å²) in [5, 5.41) is 0. The van der Waals surface area contributed by atoms with E-state index < -0.39 is 0 Å². The standard InChI is InChI=1S/C9H15NO2/c1-7-3-4-8(12-7)9(11)10-5-2-6-10/h7-8H,2-6H2,1H3. The Morgan fingerprint density at radius 1 is 1.42 bits per heavy atom. The maximum atomic E-state index is 11.6. The van der Waals surface area contributed by atoms with Crippen molar-refractivity contribution in [2.75, 3.05) is 13.1 Å². The molecule has 0 aromatic heterocycles. The van der Waals surface area contributed by atoms with Gasteiger partial charge < -0.3 is 9.64 Å². The first kappa shape index (κ1) is 8.05. The molecule has 3 nitrogen and oxygen atoms in total. The van der Waals surface area contributed by atoms with Crippen LogP contribution >= 0.6 is 0 Å². The number of ether oxygens (including phenoxy) is 1. The minimum absolute atomic E-state index is 0.125. The van der Waals surface area contributed by atoms with Crippen LogP contribution < -0.4 is 0 Å². The highest BCUT2D eigenvalue weighted by atomic mass is 16.5. The smallest absolute Gasteiger partial charge is 0.251 e. The quantitative estimate of drug-likeness (QED) is 0.580. The van der Waals surface area contributed by atoms with Crippen LogP contribution in [0.3, 0.4) is 0 Å². The van der Waals surface area contributed by atoms with Gasteiger partial charge in [0, 0.05) is 13.1 Å². The lowest BCUT2D eigenvalue weighted by Crippen LogP contribution is -2.47. The fraction of sp³-hybridized carbons (Fsp3) is 0.889. The highest BCUT2D eigenvalue weighted by Gasteiger charge is 2.33. The minimum Gasteiger partial charge on any atom is -0.365 e. The molecule has 0 aliphatic carbocycles. The number of hydrogen-bond donors (Lipinski definition) is 0. The van der Waals surface area contributed by atoms with E-state index in [-0.39, 0.29) is 18.1 Å². The second-order valence-electron chi connectivity index (χ2n) is 3.69. The number of carbonyl (C=O) groups excluding carboxylic acids is 1. The van der Waals surface area contributed by atoms with Gasteiger partial charge in [0.15, 0.2) is 0 Å². The fourth-order valence-corrected chi connectivity index (χ4v) is 1.72. The molecule has 2 unspecified atom stereocenters. The molecule has 3 heteroatoms. The molecule has 1 amide bonds. The summed E-state index contributed by atoms with van der Waals surface area (Å²) < 4.78 is 5.49. The molecule has 0 saturated carbocycles. The second kappa shape index (κ2) is 3.05. The van der Waals surface area contributed by atoms with Gasteiger partial charge in [-0.1, -0.05) is 0 Å². The molecule has 2 saturated heterocycles. The van der Waals surface area contributed by atoms with Crippen LogP contribution in [0.1, 0.15) is 26.2 Å². The van der Waals surface area contributed by atoms with Crippen LogP contribution in [0.2, 0.25) is 0 Å². The summed E-state index contributed by atoms with van der Waals surface area (Å²) in [4.78, 5) is 13.5. The first-order valence-electron chi connectivity index (χ1n) is 4.71. The van der Waals surface area contributed by atoms with Crippen LogP contribution in [0.4, 0.5) is 0 Å². The summed E-state index contributed by atoms with van der Waals surface area (Å²) in [7, 11) is 0. The van der Waals surface area contributed by atoms with Crippen molar-refractivity contribution in [1.29, 1.82) is 0 Å². The average molecular weight is 169 g/mol. The van der Waals surface area contributed by atoms with Crippen LogP contribution in [-0.4, -0.2) is 36.1 Å². The lowest BCUT2D eigenvalue weighted by Gasteiger charge is -2.32. The molecular formula is C9H15NO2. The molecule has 12 heavy (non-hydrogen) atoms. The number of nitrogens with zero attached hydrogens (tertiary/aromatic N) is 1. The molecule has 0 spiro atoms. The number of hydrogen-bond acceptors (Lipinski definition) is 2. The first-order chi connectivity index (χ1) is 5.77. The highest BCUT2D eigenvalue weighted by molar-refractivity contribution is 5.81. The zero-order chi connectivity index (χ0) is 8.55. The summed E-state index contributed by atoms with van der Waals surface area (Å²) >= 11 is 0. The van der Waals surface area contributed by atoms with Gasteiger partial charge in [0.25, 0.3) is 5.91 Å². The summed E-state index contributed by atoms with van der Waals surface area (Å²) in [5.74, 6) is 0.214. The van der Waals surface area contributed by atoms with E-state index >= 15 is 0 Å². The molecule has 0 aromatic rings. The van der Waals surface area contributed by atoms with E-state index in [4.69, 9.17) is 4.74 Å². The molecule has 2 heterocycles. The normalized spacial score (nSPS) is 34.9. The highest BCUT2D eigenvalue weighted by Crippen LogP contribution is 2.22. The Morgan fingerprint density at radius 2 is 2.17 bits per heavy atom. The van der Waals surface area contributed by atoms with Gasteiger partial charge in [-0.2, -0.15) is 0 Å². The van der Waals surface area contributed by atoms with Gasteiger partial charge in [-0.25, -0.2) is 0 Å². The topological polar surface area (TPSA) is 29.5 Å². The molecule has 2 fully saturated rings. The van der Waals surface area contributed by atoms with Crippen LogP contribution in [0.15, 0.2) is 0 Å². The van der Waals surface area contributed by atoms with Crippen molar-refractivity contribution in [3.8, 4) is 0 Å². The predicted molar refractivity (Wildman–Crippen MR) is 44.8 cm³/mol. The van der Waals surface area contributed by atoms with Crippen LogP contribution in [0.5, 0.6) is 0 Å². The fourth-order valence-electron chi connectivity index (χ4n) is 1.72. The molecule has 0 N–H and O–H groups in total. The lowest BCUT2D eigenvalue weighted by atomic mass is 10.1. The summed E-state index contributed by atoms with van der Waals surface area (Å²) in [6.07, 6.45) is 3.26. The van der Waals surface area contributed by atoms with E-state index in [2.05, 4.69) is 0 Å². The SMILES string of the molecule is CC1CCC(C(=O)N2CCC2)O1. The number of amides is 1. The van der Waals surface area contributed by atoms with E-state index in [0.29, 0.717) is 0 Å². The van der Waals surface area contributed by atoms with Gasteiger partial charge >= 0.3 is 0 Å². The van der Waals surface area contributed by atoms with Crippen molar-refractivity contribution in [1.82, 2.24) is 4.90 Å². The van der Waals surface area contributed by atoms with E-state index in [1.807, 2.05) is 11.8 Å². The number of likely N-dealkylation sites (tertiary alicyclic amines) is 1. The Labute approximate surface area is 72.7 Å². The molecule has 2 atom stereocenters. The van der Waals surface area contributed by atoms with E-state index in [0.717, 1.165) is 32.4 Å². The molecule has 0 aromatic carbocycles. The van der Waals surface area contributed by atoms with E-state index in [9.17, 15) is 4.79 Å². The molecule has 0 bridgehead atoms. The van der Waals surface area contributed by atoms with Gasteiger partial charge in [0.1, 0.15) is 6.10 Å². The number of carbonyl (C=O) groups is 1. The van der Waals surface area contributed by atoms with Gasteiger partial charge in [0.05, 0.1) is 6.10 Å². The Hall–Kier alpha value is -0.570. The Bertz CT molecular complexity index is 189. The van der Waals surface area contributed by atoms with Crippen LogP contribution in [0.25, 0.3) is 0 Å². The monoisotopic (exact) mass is 169 g/mol. The maximum Gasteiger partial charge on any atom is 0.251 e. The largest absolute Gasteiger partial charge is 0.365 e. The van der Waals surface area contributed by atoms with Crippen molar-refractivity contribution in [3.05, 3.63) is 0 Å². The van der Waals surface area contributed by atoms with Crippen molar-refractivity contribution >= 4 is 5.91 Å². The number of rotatable bonds is 1. The van der Waals surface area contributed by atoms with Crippen molar-refractivity contribution in [2.45, 2.75) is 38.4 Å².